The summed E-state index contributed by atoms with van der Waals surface area (Å²) in [6.45, 7) is 9.07. The number of benzene rings is 1. The summed E-state index contributed by atoms with van der Waals surface area (Å²) in [4.78, 5) is 45.0. The van der Waals surface area contributed by atoms with E-state index in [1.807, 2.05) is 26.0 Å². The maximum atomic E-state index is 12.6. The van der Waals surface area contributed by atoms with E-state index in [2.05, 4.69) is 9.97 Å². The van der Waals surface area contributed by atoms with Crippen LogP contribution in [0.5, 0.6) is 0 Å². The van der Waals surface area contributed by atoms with Crippen LogP contribution in [0, 0.1) is 20.8 Å². The summed E-state index contributed by atoms with van der Waals surface area (Å²) < 4.78 is 10.6. The van der Waals surface area contributed by atoms with Crippen LogP contribution in [0.25, 0.3) is 10.2 Å². The van der Waals surface area contributed by atoms with Crippen LogP contribution in [0.4, 0.5) is 0 Å². The number of thiophene rings is 1. The number of carbonyl (C=O) groups excluding carboxylic acids is 2. The van der Waals surface area contributed by atoms with E-state index in [0.717, 1.165) is 22.5 Å². The molecule has 0 radical (unpaired) electrons. The Morgan fingerprint density at radius 1 is 1.21 bits per heavy atom. The minimum Gasteiger partial charge on any atom is -0.462 e. The van der Waals surface area contributed by atoms with E-state index < -0.39 is 18.0 Å². The number of carbonyl (C=O) groups is 2. The number of hydrogen-bond acceptors (Lipinski definition) is 7. The zero-order valence-corrected chi connectivity index (χ0v) is 17.7. The lowest BCUT2D eigenvalue weighted by molar-refractivity contribution is 0.0319. The number of esters is 2. The van der Waals surface area contributed by atoms with Crippen LogP contribution >= 0.6 is 11.3 Å². The maximum Gasteiger partial charge on any atom is 0.348 e. The SMILES string of the molecule is CCOC(=O)c1sc2nc([C@@H](C)OC(=O)c3ccc(C)cc3C)[nH]c(=O)c2c1C. The Bertz CT molecular complexity index is 1160. The summed E-state index contributed by atoms with van der Waals surface area (Å²) in [5.74, 6) is -0.757. The van der Waals surface area contributed by atoms with Crippen LogP contribution in [0.2, 0.25) is 0 Å². The van der Waals surface area contributed by atoms with E-state index in [0.29, 0.717) is 26.2 Å². The van der Waals surface area contributed by atoms with Gasteiger partial charge in [-0.25, -0.2) is 14.6 Å². The molecule has 0 bridgehead atoms. The van der Waals surface area contributed by atoms with Gasteiger partial charge in [-0.3, -0.25) is 4.79 Å². The molecule has 29 heavy (non-hydrogen) atoms. The summed E-state index contributed by atoms with van der Waals surface area (Å²) in [6.07, 6.45) is -0.770. The Balaban J connectivity index is 1.92. The van der Waals surface area contributed by atoms with E-state index in [9.17, 15) is 14.4 Å². The highest BCUT2D eigenvalue weighted by Crippen LogP contribution is 2.29. The first-order valence-corrected chi connectivity index (χ1v) is 10.0. The normalized spacial score (nSPS) is 12.0. The minimum absolute atomic E-state index is 0.220. The Labute approximate surface area is 171 Å². The molecule has 3 rings (SSSR count). The van der Waals surface area contributed by atoms with Gasteiger partial charge >= 0.3 is 11.9 Å². The first-order valence-electron chi connectivity index (χ1n) is 9.21. The van der Waals surface area contributed by atoms with Crippen LogP contribution in [0.3, 0.4) is 0 Å². The zero-order valence-electron chi connectivity index (χ0n) is 16.9. The molecule has 8 heteroatoms. The molecule has 2 aromatic heterocycles. The third-order valence-corrected chi connectivity index (χ3v) is 5.72. The molecule has 3 aromatic rings. The number of ether oxygens (including phenoxy) is 2. The van der Waals surface area contributed by atoms with Crippen LogP contribution in [0.15, 0.2) is 23.0 Å². The predicted molar refractivity (Wildman–Crippen MR) is 111 cm³/mol. The molecule has 7 nitrogen and oxygen atoms in total. The number of H-pyrrole nitrogens is 1. The van der Waals surface area contributed by atoms with Gasteiger partial charge in [0.25, 0.3) is 5.56 Å². The highest BCUT2D eigenvalue weighted by Gasteiger charge is 2.23. The van der Waals surface area contributed by atoms with Crippen molar-refractivity contribution in [1.29, 1.82) is 0 Å². The van der Waals surface area contributed by atoms with Crippen LogP contribution in [-0.2, 0) is 9.47 Å². The maximum absolute atomic E-state index is 12.6. The molecule has 0 aliphatic rings. The van der Waals surface area contributed by atoms with Crippen LogP contribution < -0.4 is 5.56 Å². The standard InChI is InChI=1S/C21H22N2O5S/c1-6-27-21(26)16-12(4)15-18(24)22-17(23-19(15)29-16)13(5)28-20(25)14-8-7-10(2)9-11(14)3/h7-9,13H,6H2,1-5H3,(H,22,23,24)/t13-/m1/s1. The van der Waals surface area contributed by atoms with Crippen molar-refractivity contribution < 1.29 is 19.1 Å². The van der Waals surface area contributed by atoms with Crippen LogP contribution in [-0.4, -0.2) is 28.5 Å². The molecule has 0 aliphatic heterocycles. The van der Waals surface area contributed by atoms with Gasteiger partial charge in [0, 0.05) is 0 Å². The monoisotopic (exact) mass is 414 g/mol. The van der Waals surface area contributed by atoms with Gasteiger partial charge in [0.05, 0.1) is 17.6 Å². The smallest absolute Gasteiger partial charge is 0.348 e. The molecule has 0 fully saturated rings. The van der Waals surface area contributed by atoms with Gasteiger partial charge in [0.2, 0.25) is 0 Å². The van der Waals surface area contributed by atoms with Crippen molar-refractivity contribution in [2.24, 2.45) is 0 Å². The minimum atomic E-state index is -0.770. The van der Waals surface area contributed by atoms with Gasteiger partial charge in [-0.05, 0) is 51.8 Å². The van der Waals surface area contributed by atoms with Crippen molar-refractivity contribution in [3.63, 3.8) is 0 Å². The Morgan fingerprint density at radius 3 is 2.59 bits per heavy atom. The number of fused-ring (bicyclic) bond motifs is 1. The molecule has 1 N–H and O–H groups in total. The van der Waals surface area contributed by atoms with E-state index >= 15 is 0 Å². The second-order valence-electron chi connectivity index (χ2n) is 6.77. The third kappa shape index (κ3) is 4.07. The summed E-state index contributed by atoms with van der Waals surface area (Å²) in [6, 6.07) is 5.46. The van der Waals surface area contributed by atoms with E-state index in [1.165, 1.54) is 0 Å². The largest absolute Gasteiger partial charge is 0.462 e. The molecular weight excluding hydrogens is 392 g/mol. The molecular formula is C21H22N2O5S. The number of nitrogens with one attached hydrogen (secondary N) is 1. The number of aryl methyl sites for hydroxylation is 3. The number of nitrogens with zero attached hydrogens (tertiary/aromatic N) is 1. The van der Waals surface area contributed by atoms with Crippen molar-refractivity contribution >= 4 is 33.5 Å². The molecule has 152 valence electrons. The summed E-state index contributed by atoms with van der Waals surface area (Å²) in [7, 11) is 0. The van der Waals surface area contributed by atoms with Gasteiger partial charge in [-0.15, -0.1) is 11.3 Å². The van der Waals surface area contributed by atoms with E-state index in [-0.39, 0.29) is 18.0 Å². The second kappa shape index (κ2) is 8.16. The molecule has 0 spiro atoms. The fourth-order valence-electron chi connectivity index (χ4n) is 3.07. The highest BCUT2D eigenvalue weighted by atomic mass is 32.1. The lowest BCUT2D eigenvalue weighted by Crippen LogP contribution is -2.17. The average molecular weight is 414 g/mol. The Kier molecular flexibility index (Phi) is 5.83. The first kappa shape index (κ1) is 20.7. The molecule has 0 saturated heterocycles. The summed E-state index contributed by atoms with van der Waals surface area (Å²) in [5.41, 5.74) is 2.47. The van der Waals surface area contributed by atoms with Crippen molar-refractivity contribution in [2.45, 2.75) is 40.7 Å². The average Bonchev–Trinajstić information content (AvgIpc) is 2.99. The van der Waals surface area contributed by atoms with E-state index in [4.69, 9.17) is 9.47 Å². The van der Waals surface area contributed by atoms with E-state index in [1.54, 1.807) is 26.8 Å². The third-order valence-electron chi connectivity index (χ3n) is 4.55. The second-order valence-corrected chi connectivity index (χ2v) is 7.77. The highest BCUT2D eigenvalue weighted by molar-refractivity contribution is 7.20. The lowest BCUT2D eigenvalue weighted by atomic mass is 10.1. The van der Waals surface area contributed by atoms with Crippen molar-refractivity contribution in [3.05, 3.63) is 61.5 Å². The molecule has 0 amide bonds. The molecule has 0 saturated carbocycles. The molecule has 1 atom stereocenters. The molecule has 0 unspecified atom stereocenters. The number of hydrogen-bond donors (Lipinski definition) is 1. The lowest BCUT2D eigenvalue weighted by Gasteiger charge is -2.14. The van der Waals surface area contributed by atoms with Crippen molar-refractivity contribution in [1.82, 2.24) is 9.97 Å². The van der Waals surface area contributed by atoms with Crippen LogP contribution in [0.1, 0.15) is 62.5 Å². The van der Waals surface area contributed by atoms with Gasteiger partial charge < -0.3 is 14.5 Å². The topological polar surface area (TPSA) is 98.3 Å². The fraction of sp³-hybridized carbons (Fsp3) is 0.333. The number of rotatable bonds is 5. The van der Waals surface area contributed by atoms with Crippen molar-refractivity contribution in [2.75, 3.05) is 6.61 Å². The first-order chi connectivity index (χ1) is 13.7. The number of aromatic nitrogens is 2. The molecule has 0 aliphatic carbocycles. The Hall–Kier alpha value is -3.00. The Morgan fingerprint density at radius 2 is 1.93 bits per heavy atom. The van der Waals surface area contributed by atoms with Gasteiger partial charge in [-0.2, -0.15) is 0 Å². The predicted octanol–water partition coefficient (Wildman–Crippen LogP) is 4.00. The van der Waals surface area contributed by atoms with Crippen molar-refractivity contribution in [3.8, 4) is 0 Å². The van der Waals surface area contributed by atoms with Gasteiger partial charge in [-0.1, -0.05) is 17.7 Å². The summed E-state index contributed by atoms with van der Waals surface area (Å²) in [5, 5.41) is 0.342. The van der Waals surface area contributed by atoms with Gasteiger partial charge in [0.15, 0.2) is 11.9 Å². The fourth-order valence-corrected chi connectivity index (χ4v) is 4.15. The van der Waals surface area contributed by atoms with Gasteiger partial charge in [0.1, 0.15) is 9.71 Å². The molecule has 2 heterocycles. The summed E-state index contributed by atoms with van der Waals surface area (Å²) >= 11 is 1.09. The number of aromatic amines is 1. The quantitative estimate of drug-likeness (QED) is 0.634. The zero-order chi connectivity index (χ0) is 21.3. The molecule has 1 aromatic carbocycles.